The quantitative estimate of drug-likeness (QED) is 0.863. The van der Waals surface area contributed by atoms with E-state index in [0.717, 1.165) is 19.4 Å². The predicted molar refractivity (Wildman–Crippen MR) is 91.2 cm³/mol. The number of benzene rings is 1. The summed E-state index contributed by atoms with van der Waals surface area (Å²) in [6, 6.07) is 6.58. The number of carbonyl (C=O) groups excluding carboxylic acids is 1. The van der Waals surface area contributed by atoms with Crippen molar-refractivity contribution in [3.05, 3.63) is 35.6 Å². The minimum atomic E-state index is -0.496. The minimum Gasteiger partial charge on any atom is -0.375 e. The van der Waals surface area contributed by atoms with Crippen molar-refractivity contribution in [2.75, 3.05) is 13.7 Å². The van der Waals surface area contributed by atoms with Crippen molar-refractivity contribution in [2.24, 2.45) is 5.92 Å². The maximum absolute atomic E-state index is 13.9. The summed E-state index contributed by atoms with van der Waals surface area (Å²) in [5, 5.41) is 6.32. The monoisotopic (exact) mass is 344 g/mol. The van der Waals surface area contributed by atoms with Gasteiger partial charge in [-0.15, -0.1) is 12.4 Å². The SMILES string of the molecule is COC(c1ccccc1F)C(C)NC(=O)[C@H]1CCN[C@@H](C)C1.Cl. The van der Waals surface area contributed by atoms with Crippen LogP contribution in [-0.2, 0) is 9.53 Å². The van der Waals surface area contributed by atoms with Crippen LogP contribution in [0.2, 0.25) is 0 Å². The highest BCUT2D eigenvalue weighted by atomic mass is 35.5. The Labute approximate surface area is 143 Å². The smallest absolute Gasteiger partial charge is 0.223 e. The van der Waals surface area contributed by atoms with Crippen LogP contribution in [0.15, 0.2) is 24.3 Å². The maximum Gasteiger partial charge on any atom is 0.223 e. The van der Waals surface area contributed by atoms with Crippen LogP contribution in [-0.4, -0.2) is 31.6 Å². The molecule has 2 N–H and O–H groups in total. The molecule has 1 amide bonds. The van der Waals surface area contributed by atoms with Crippen molar-refractivity contribution >= 4 is 18.3 Å². The fourth-order valence-electron chi connectivity index (χ4n) is 3.09. The summed E-state index contributed by atoms with van der Waals surface area (Å²) in [6.07, 6.45) is 1.17. The fourth-order valence-corrected chi connectivity index (χ4v) is 3.09. The Morgan fingerprint density at radius 3 is 2.74 bits per heavy atom. The van der Waals surface area contributed by atoms with Crippen LogP contribution in [0.1, 0.15) is 38.4 Å². The Hall–Kier alpha value is -1.17. The van der Waals surface area contributed by atoms with Gasteiger partial charge in [0.05, 0.1) is 6.04 Å². The topological polar surface area (TPSA) is 50.4 Å². The van der Waals surface area contributed by atoms with Crippen LogP contribution in [0.5, 0.6) is 0 Å². The van der Waals surface area contributed by atoms with Crippen molar-refractivity contribution in [1.29, 1.82) is 0 Å². The van der Waals surface area contributed by atoms with Gasteiger partial charge in [-0.25, -0.2) is 4.39 Å². The van der Waals surface area contributed by atoms with Crippen molar-refractivity contribution in [3.8, 4) is 0 Å². The lowest BCUT2D eigenvalue weighted by Crippen LogP contribution is -2.46. The summed E-state index contributed by atoms with van der Waals surface area (Å²) >= 11 is 0. The Kier molecular flexibility index (Phi) is 7.95. The molecule has 4 nitrogen and oxygen atoms in total. The first-order valence-corrected chi connectivity index (χ1v) is 7.84. The van der Waals surface area contributed by atoms with Crippen LogP contribution in [0.25, 0.3) is 0 Å². The fraction of sp³-hybridized carbons (Fsp3) is 0.588. The molecule has 1 saturated heterocycles. The van der Waals surface area contributed by atoms with E-state index in [0.29, 0.717) is 11.6 Å². The molecule has 0 spiro atoms. The third-order valence-corrected chi connectivity index (χ3v) is 4.28. The summed E-state index contributed by atoms with van der Waals surface area (Å²) in [7, 11) is 1.53. The largest absolute Gasteiger partial charge is 0.375 e. The lowest BCUT2D eigenvalue weighted by atomic mass is 9.92. The lowest BCUT2D eigenvalue weighted by molar-refractivity contribution is -0.127. The summed E-state index contributed by atoms with van der Waals surface area (Å²) in [6.45, 7) is 4.79. The van der Waals surface area contributed by atoms with Crippen molar-refractivity contribution < 1.29 is 13.9 Å². The van der Waals surface area contributed by atoms with Gasteiger partial charge in [-0.2, -0.15) is 0 Å². The maximum atomic E-state index is 13.9. The summed E-state index contributed by atoms with van der Waals surface area (Å²) in [5.74, 6) is -0.276. The molecular weight excluding hydrogens is 319 g/mol. The molecule has 130 valence electrons. The molecule has 1 aliphatic heterocycles. The van der Waals surface area contributed by atoms with Gasteiger partial charge in [0.25, 0.3) is 0 Å². The van der Waals surface area contributed by atoms with E-state index in [1.54, 1.807) is 18.2 Å². The third-order valence-electron chi connectivity index (χ3n) is 4.28. The number of methoxy groups -OCH3 is 1. The molecule has 0 radical (unpaired) electrons. The molecule has 1 aliphatic rings. The lowest BCUT2D eigenvalue weighted by Gasteiger charge is -2.30. The van der Waals surface area contributed by atoms with Gasteiger partial charge in [0.15, 0.2) is 0 Å². The Morgan fingerprint density at radius 1 is 1.43 bits per heavy atom. The number of amides is 1. The Morgan fingerprint density at radius 2 is 2.13 bits per heavy atom. The first-order valence-electron chi connectivity index (χ1n) is 7.84. The molecule has 0 aliphatic carbocycles. The van der Waals surface area contributed by atoms with E-state index in [1.165, 1.54) is 13.2 Å². The highest BCUT2D eigenvalue weighted by Gasteiger charge is 2.28. The summed E-state index contributed by atoms with van der Waals surface area (Å²) < 4.78 is 19.4. The molecule has 1 fully saturated rings. The van der Waals surface area contributed by atoms with E-state index in [1.807, 2.05) is 6.92 Å². The molecule has 0 bridgehead atoms. The average molecular weight is 345 g/mol. The molecular formula is C17H26ClFN2O2. The first-order chi connectivity index (χ1) is 10.5. The zero-order chi connectivity index (χ0) is 16.1. The van der Waals surface area contributed by atoms with Gasteiger partial charge in [0.1, 0.15) is 11.9 Å². The van der Waals surface area contributed by atoms with Crippen LogP contribution in [0.3, 0.4) is 0 Å². The number of nitrogens with one attached hydrogen (secondary N) is 2. The average Bonchev–Trinajstić information content (AvgIpc) is 2.50. The number of ether oxygens (including phenoxy) is 1. The molecule has 2 rings (SSSR count). The molecule has 6 heteroatoms. The number of hydrogen-bond donors (Lipinski definition) is 2. The first kappa shape index (κ1) is 19.9. The normalized spacial score (nSPS) is 23.5. The molecule has 0 aromatic heterocycles. The van der Waals surface area contributed by atoms with Gasteiger partial charge in [-0.05, 0) is 39.3 Å². The number of rotatable bonds is 5. The van der Waals surface area contributed by atoms with Gasteiger partial charge >= 0.3 is 0 Å². The van der Waals surface area contributed by atoms with Crippen LogP contribution >= 0.6 is 12.4 Å². The van der Waals surface area contributed by atoms with Crippen LogP contribution in [0.4, 0.5) is 4.39 Å². The number of hydrogen-bond acceptors (Lipinski definition) is 3. The van der Waals surface area contributed by atoms with E-state index in [4.69, 9.17) is 4.74 Å². The van der Waals surface area contributed by atoms with Crippen molar-refractivity contribution in [3.63, 3.8) is 0 Å². The van der Waals surface area contributed by atoms with Gasteiger partial charge in [-0.1, -0.05) is 18.2 Å². The third kappa shape index (κ3) is 5.16. The van der Waals surface area contributed by atoms with Crippen LogP contribution < -0.4 is 10.6 Å². The van der Waals surface area contributed by atoms with E-state index in [9.17, 15) is 9.18 Å². The minimum absolute atomic E-state index is 0. The van der Waals surface area contributed by atoms with Gasteiger partial charge in [0, 0.05) is 24.6 Å². The van der Waals surface area contributed by atoms with Gasteiger partial charge < -0.3 is 15.4 Å². The van der Waals surface area contributed by atoms with Crippen LogP contribution in [0, 0.1) is 11.7 Å². The molecule has 0 saturated carbocycles. The summed E-state index contributed by atoms with van der Waals surface area (Å²) in [5.41, 5.74) is 0.469. The number of halogens is 2. The van der Waals surface area contributed by atoms with Gasteiger partial charge in [-0.3, -0.25) is 4.79 Å². The van der Waals surface area contributed by atoms with E-state index < -0.39 is 6.10 Å². The van der Waals surface area contributed by atoms with E-state index in [2.05, 4.69) is 17.6 Å². The zero-order valence-corrected chi connectivity index (χ0v) is 14.7. The summed E-state index contributed by atoms with van der Waals surface area (Å²) in [4.78, 5) is 12.4. The highest BCUT2D eigenvalue weighted by Crippen LogP contribution is 2.24. The number of carbonyl (C=O) groups is 1. The molecule has 4 atom stereocenters. The van der Waals surface area contributed by atoms with E-state index in [-0.39, 0.29) is 36.1 Å². The van der Waals surface area contributed by atoms with Crippen molar-refractivity contribution in [2.45, 2.75) is 44.9 Å². The second kappa shape index (κ2) is 9.21. The molecule has 1 aromatic rings. The molecule has 23 heavy (non-hydrogen) atoms. The Bertz CT molecular complexity index is 515. The van der Waals surface area contributed by atoms with Gasteiger partial charge in [0.2, 0.25) is 5.91 Å². The zero-order valence-electron chi connectivity index (χ0n) is 13.8. The standard InChI is InChI=1S/C17H25FN2O2.ClH/c1-11-10-13(8-9-19-11)17(21)20-12(2)16(22-3)14-6-4-5-7-15(14)18;/h4-7,11-13,16,19H,8-10H2,1-3H3,(H,20,21);1H/t11-,12?,13-,16?;/m0./s1. The highest BCUT2D eigenvalue weighted by molar-refractivity contribution is 5.85. The molecule has 2 unspecified atom stereocenters. The van der Waals surface area contributed by atoms with E-state index >= 15 is 0 Å². The Balaban J connectivity index is 0.00000264. The number of piperidine rings is 1. The van der Waals surface area contributed by atoms with Crippen molar-refractivity contribution in [1.82, 2.24) is 10.6 Å². The second-order valence-corrected chi connectivity index (χ2v) is 6.05. The second-order valence-electron chi connectivity index (χ2n) is 6.05. The molecule has 1 heterocycles. The predicted octanol–water partition coefficient (Wildman–Crippen LogP) is 2.83. The molecule has 1 aromatic carbocycles.